The van der Waals surface area contributed by atoms with Gasteiger partial charge in [0.15, 0.2) is 6.61 Å². The van der Waals surface area contributed by atoms with Crippen LogP contribution < -0.4 is 10.1 Å². The summed E-state index contributed by atoms with van der Waals surface area (Å²) in [5.74, 6) is 0.660. The summed E-state index contributed by atoms with van der Waals surface area (Å²) in [5, 5.41) is 3.49. The molecule has 0 saturated carbocycles. The van der Waals surface area contributed by atoms with Gasteiger partial charge in [0.05, 0.1) is 0 Å². The Morgan fingerprint density at radius 3 is 2.41 bits per heavy atom. The SMILES string of the molecule is Cc1ccc(OCC(=O)N2CCCN(C(=O)Nc3ccc(Cl)cc3)CC2)c(C)c1. The molecular formula is C22H26ClN3O3. The number of carbonyl (C=O) groups is 2. The Hall–Kier alpha value is -2.73. The molecule has 0 aromatic heterocycles. The number of amides is 3. The number of halogens is 1. The first-order valence-electron chi connectivity index (χ1n) is 9.72. The zero-order chi connectivity index (χ0) is 20.8. The molecule has 0 unspecified atom stereocenters. The van der Waals surface area contributed by atoms with E-state index in [0.717, 1.165) is 23.3 Å². The standard InChI is InChI=1S/C22H26ClN3O3/c1-16-4-9-20(17(2)14-16)29-15-21(27)25-10-3-11-26(13-12-25)22(28)24-19-7-5-18(23)6-8-19/h4-9,14H,3,10-13,15H2,1-2H3,(H,24,28). The molecule has 0 atom stereocenters. The minimum atomic E-state index is -0.173. The van der Waals surface area contributed by atoms with Crippen molar-refractivity contribution in [3.63, 3.8) is 0 Å². The molecular weight excluding hydrogens is 390 g/mol. The third kappa shape index (κ3) is 5.87. The molecule has 154 valence electrons. The van der Waals surface area contributed by atoms with Gasteiger partial charge in [-0.3, -0.25) is 4.79 Å². The Morgan fingerprint density at radius 2 is 1.69 bits per heavy atom. The molecule has 0 spiro atoms. The maximum Gasteiger partial charge on any atom is 0.321 e. The highest BCUT2D eigenvalue weighted by molar-refractivity contribution is 6.30. The summed E-state index contributed by atoms with van der Waals surface area (Å²) in [6.45, 7) is 6.17. The normalized spacial score (nSPS) is 14.3. The van der Waals surface area contributed by atoms with Crippen LogP contribution in [-0.4, -0.2) is 54.5 Å². The summed E-state index contributed by atoms with van der Waals surface area (Å²) in [7, 11) is 0. The van der Waals surface area contributed by atoms with E-state index in [1.807, 2.05) is 32.0 Å². The molecule has 29 heavy (non-hydrogen) atoms. The van der Waals surface area contributed by atoms with Gasteiger partial charge in [0, 0.05) is 36.9 Å². The van der Waals surface area contributed by atoms with Gasteiger partial charge in [-0.2, -0.15) is 0 Å². The zero-order valence-electron chi connectivity index (χ0n) is 16.8. The van der Waals surface area contributed by atoms with Crippen LogP contribution in [0, 0.1) is 13.8 Å². The van der Waals surface area contributed by atoms with E-state index in [9.17, 15) is 9.59 Å². The van der Waals surface area contributed by atoms with E-state index >= 15 is 0 Å². The first kappa shape index (κ1) is 21.0. The Kier molecular flexibility index (Phi) is 6.99. The highest BCUT2D eigenvalue weighted by Gasteiger charge is 2.22. The van der Waals surface area contributed by atoms with Crippen molar-refractivity contribution in [3.8, 4) is 5.75 Å². The monoisotopic (exact) mass is 415 g/mol. The number of urea groups is 1. The third-order valence-corrected chi connectivity index (χ3v) is 5.16. The zero-order valence-corrected chi connectivity index (χ0v) is 17.5. The topological polar surface area (TPSA) is 61.9 Å². The molecule has 0 bridgehead atoms. The number of ether oxygens (including phenoxy) is 1. The summed E-state index contributed by atoms with van der Waals surface area (Å²) in [4.78, 5) is 28.6. The van der Waals surface area contributed by atoms with Gasteiger partial charge >= 0.3 is 6.03 Å². The number of anilines is 1. The van der Waals surface area contributed by atoms with Gasteiger partial charge in [0.1, 0.15) is 5.75 Å². The maximum atomic E-state index is 12.6. The summed E-state index contributed by atoms with van der Waals surface area (Å²) in [6, 6.07) is 12.7. The van der Waals surface area contributed by atoms with E-state index in [4.69, 9.17) is 16.3 Å². The van der Waals surface area contributed by atoms with E-state index in [1.54, 1.807) is 34.1 Å². The average Bonchev–Trinajstić information content (AvgIpc) is 2.95. The van der Waals surface area contributed by atoms with Crippen molar-refractivity contribution in [2.75, 3.05) is 38.1 Å². The number of rotatable bonds is 4. The fourth-order valence-corrected chi connectivity index (χ4v) is 3.42. The minimum Gasteiger partial charge on any atom is -0.484 e. The Balaban J connectivity index is 1.50. The fraction of sp³-hybridized carbons (Fsp3) is 0.364. The van der Waals surface area contributed by atoms with Crippen LogP contribution in [0.2, 0.25) is 5.02 Å². The highest BCUT2D eigenvalue weighted by atomic mass is 35.5. The molecule has 0 radical (unpaired) electrons. The Morgan fingerprint density at radius 1 is 1.00 bits per heavy atom. The molecule has 1 aliphatic heterocycles. The van der Waals surface area contributed by atoms with Crippen LogP contribution in [0.4, 0.5) is 10.5 Å². The summed E-state index contributed by atoms with van der Waals surface area (Å²) in [5.41, 5.74) is 2.86. The molecule has 1 saturated heterocycles. The average molecular weight is 416 g/mol. The maximum absolute atomic E-state index is 12.6. The van der Waals surface area contributed by atoms with Gasteiger partial charge < -0.3 is 19.9 Å². The lowest BCUT2D eigenvalue weighted by atomic mass is 10.1. The van der Waals surface area contributed by atoms with Gasteiger partial charge in [-0.05, 0) is 56.2 Å². The van der Waals surface area contributed by atoms with E-state index in [0.29, 0.717) is 36.9 Å². The number of benzene rings is 2. The lowest BCUT2D eigenvalue weighted by molar-refractivity contribution is -0.133. The van der Waals surface area contributed by atoms with Crippen LogP contribution in [0.15, 0.2) is 42.5 Å². The number of nitrogens with zero attached hydrogens (tertiary/aromatic N) is 2. The van der Waals surface area contributed by atoms with Crippen molar-refractivity contribution in [1.29, 1.82) is 0 Å². The van der Waals surface area contributed by atoms with Crippen LogP contribution in [0.3, 0.4) is 0 Å². The molecule has 2 aromatic rings. The lowest BCUT2D eigenvalue weighted by Crippen LogP contribution is -2.40. The molecule has 1 heterocycles. The molecule has 6 nitrogen and oxygen atoms in total. The van der Waals surface area contributed by atoms with Gasteiger partial charge in [-0.15, -0.1) is 0 Å². The molecule has 3 rings (SSSR count). The van der Waals surface area contributed by atoms with Gasteiger partial charge in [0.25, 0.3) is 5.91 Å². The lowest BCUT2D eigenvalue weighted by Gasteiger charge is -2.22. The second-order valence-corrected chi connectivity index (χ2v) is 7.65. The largest absolute Gasteiger partial charge is 0.484 e. The van der Waals surface area contributed by atoms with E-state index in [-0.39, 0.29) is 18.5 Å². The number of aryl methyl sites for hydroxylation is 2. The van der Waals surface area contributed by atoms with E-state index in [2.05, 4.69) is 5.32 Å². The minimum absolute atomic E-state index is 0.000865. The highest BCUT2D eigenvalue weighted by Crippen LogP contribution is 2.19. The van der Waals surface area contributed by atoms with Gasteiger partial charge in [-0.25, -0.2) is 4.79 Å². The number of carbonyl (C=O) groups excluding carboxylic acids is 2. The van der Waals surface area contributed by atoms with Crippen LogP contribution >= 0.6 is 11.6 Å². The molecule has 1 N–H and O–H groups in total. The smallest absolute Gasteiger partial charge is 0.321 e. The molecule has 2 aromatic carbocycles. The summed E-state index contributed by atoms with van der Waals surface area (Å²) in [6.07, 6.45) is 0.726. The van der Waals surface area contributed by atoms with Crippen LogP contribution in [0.5, 0.6) is 5.75 Å². The van der Waals surface area contributed by atoms with Crippen LogP contribution in [-0.2, 0) is 4.79 Å². The van der Waals surface area contributed by atoms with Crippen LogP contribution in [0.1, 0.15) is 17.5 Å². The van der Waals surface area contributed by atoms with Crippen molar-refractivity contribution < 1.29 is 14.3 Å². The number of hydrogen-bond donors (Lipinski definition) is 1. The van der Waals surface area contributed by atoms with Gasteiger partial charge in [-0.1, -0.05) is 29.3 Å². The molecule has 7 heteroatoms. The Bertz CT molecular complexity index is 870. The van der Waals surface area contributed by atoms with Crippen molar-refractivity contribution in [2.24, 2.45) is 0 Å². The van der Waals surface area contributed by atoms with E-state index in [1.165, 1.54) is 0 Å². The predicted octanol–water partition coefficient (Wildman–Crippen LogP) is 4.10. The van der Waals surface area contributed by atoms with Gasteiger partial charge in [0.2, 0.25) is 0 Å². The summed E-state index contributed by atoms with van der Waals surface area (Å²) < 4.78 is 5.72. The first-order valence-corrected chi connectivity index (χ1v) is 10.1. The number of nitrogens with one attached hydrogen (secondary N) is 1. The van der Waals surface area contributed by atoms with Crippen LogP contribution in [0.25, 0.3) is 0 Å². The molecule has 1 fully saturated rings. The third-order valence-electron chi connectivity index (χ3n) is 4.91. The fourth-order valence-electron chi connectivity index (χ4n) is 3.30. The Labute approximate surface area is 176 Å². The molecule has 3 amide bonds. The molecule has 1 aliphatic rings. The summed E-state index contributed by atoms with van der Waals surface area (Å²) >= 11 is 5.87. The number of hydrogen-bond acceptors (Lipinski definition) is 3. The van der Waals surface area contributed by atoms with Crippen molar-refractivity contribution in [2.45, 2.75) is 20.3 Å². The van der Waals surface area contributed by atoms with Crippen molar-refractivity contribution >= 4 is 29.2 Å². The second-order valence-electron chi connectivity index (χ2n) is 7.22. The quantitative estimate of drug-likeness (QED) is 0.817. The predicted molar refractivity (Wildman–Crippen MR) is 115 cm³/mol. The van der Waals surface area contributed by atoms with Crippen molar-refractivity contribution in [3.05, 3.63) is 58.6 Å². The molecule has 0 aliphatic carbocycles. The second kappa shape index (κ2) is 9.65. The first-order chi connectivity index (χ1) is 13.9. The van der Waals surface area contributed by atoms with E-state index < -0.39 is 0 Å². The van der Waals surface area contributed by atoms with Crippen molar-refractivity contribution in [1.82, 2.24) is 9.80 Å².